The van der Waals surface area contributed by atoms with Crippen molar-refractivity contribution in [1.82, 2.24) is 0 Å². The van der Waals surface area contributed by atoms with Gasteiger partial charge >= 0.3 is 0 Å². The Hall–Kier alpha value is -0.0400. The van der Waals surface area contributed by atoms with Crippen LogP contribution in [0.1, 0.15) is 57.8 Å². The number of hydrogen-bond acceptors (Lipinski definition) is 1. The van der Waals surface area contributed by atoms with Gasteiger partial charge in [-0.1, -0.05) is 32.1 Å². The van der Waals surface area contributed by atoms with Gasteiger partial charge in [-0.15, -0.1) is 0 Å². The predicted octanol–water partition coefficient (Wildman–Crippen LogP) is 3.48. The Morgan fingerprint density at radius 1 is 0.846 bits per heavy atom. The lowest BCUT2D eigenvalue weighted by atomic mass is 9.95. The molecule has 0 aromatic heterocycles. The summed E-state index contributed by atoms with van der Waals surface area (Å²) < 4.78 is 6.08. The molecule has 2 aliphatic rings. The molecule has 0 bridgehead atoms. The maximum atomic E-state index is 6.08. The first-order chi connectivity index (χ1) is 6.45. The maximum Gasteiger partial charge on any atom is 0.0610 e. The Morgan fingerprint density at radius 2 is 1.62 bits per heavy atom. The van der Waals surface area contributed by atoms with E-state index in [9.17, 15) is 0 Å². The second kappa shape index (κ2) is 4.99. The molecule has 1 heteroatoms. The lowest BCUT2D eigenvalue weighted by Crippen LogP contribution is -2.26. The molecule has 2 rings (SSSR count). The molecule has 0 N–H and O–H groups in total. The lowest BCUT2D eigenvalue weighted by molar-refractivity contribution is -0.0245. The summed E-state index contributed by atoms with van der Waals surface area (Å²) in [7, 11) is 0. The third-order valence-electron chi connectivity index (χ3n) is 3.29. The molecular weight excluding hydrogens is 160 g/mol. The Bertz CT molecular complexity index is 116. The molecule has 0 amide bonds. The summed E-state index contributed by atoms with van der Waals surface area (Å²) in [6.45, 7) is 0. The molecular formula is C12H21O. The Balaban J connectivity index is 1.69. The summed E-state index contributed by atoms with van der Waals surface area (Å²) in [4.78, 5) is 0. The van der Waals surface area contributed by atoms with Crippen LogP contribution < -0.4 is 0 Å². The SMILES string of the molecule is [CH]1CCCC[C@@H]1OC1CCCCC1. The van der Waals surface area contributed by atoms with E-state index in [-0.39, 0.29) is 0 Å². The van der Waals surface area contributed by atoms with Gasteiger partial charge in [-0.3, -0.25) is 0 Å². The van der Waals surface area contributed by atoms with Gasteiger partial charge in [0.05, 0.1) is 12.2 Å². The maximum absolute atomic E-state index is 6.08. The van der Waals surface area contributed by atoms with Crippen LogP contribution >= 0.6 is 0 Å². The van der Waals surface area contributed by atoms with Gasteiger partial charge in [0.2, 0.25) is 0 Å². The van der Waals surface area contributed by atoms with Gasteiger partial charge in [0.1, 0.15) is 0 Å². The predicted molar refractivity (Wildman–Crippen MR) is 54.5 cm³/mol. The third kappa shape index (κ3) is 2.98. The highest BCUT2D eigenvalue weighted by Gasteiger charge is 2.20. The van der Waals surface area contributed by atoms with E-state index in [0.29, 0.717) is 12.2 Å². The van der Waals surface area contributed by atoms with Crippen molar-refractivity contribution in [3.63, 3.8) is 0 Å². The van der Waals surface area contributed by atoms with Crippen LogP contribution in [0.3, 0.4) is 0 Å². The van der Waals surface area contributed by atoms with Crippen LogP contribution in [0, 0.1) is 6.42 Å². The number of hydrogen-bond donors (Lipinski definition) is 0. The van der Waals surface area contributed by atoms with Crippen LogP contribution in [-0.4, -0.2) is 12.2 Å². The van der Waals surface area contributed by atoms with Gasteiger partial charge in [0, 0.05) is 0 Å². The molecule has 2 saturated carbocycles. The molecule has 1 radical (unpaired) electrons. The average Bonchev–Trinajstić information content (AvgIpc) is 2.21. The van der Waals surface area contributed by atoms with Crippen LogP contribution in [0.5, 0.6) is 0 Å². The number of ether oxygens (including phenoxy) is 1. The van der Waals surface area contributed by atoms with Crippen molar-refractivity contribution in [2.45, 2.75) is 70.0 Å². The Labute approximate surface area is 81.9 Å². The van der Waals surface area contributed by atoms with Crippen LogP contribution in [0.2, 0.25) is 0 Å². The molecule has 0 aromatic rings. The van der Waals surface area contributed by atoms with E-state index in [1.807, 2.05) is 0 Å². The van der Waals surface area contributed by atoms with E-state index < -0.39 is 0 Å². The van der Waals surface area contributed by atoms with E-state index >= 15 is 0 Å². The molecule has 13 heavy (non-hydrogen) atoms. The van der Waals surface area contributed by atoms with Crippen LogP contribution in [-0.2, 0) is 4.74 Å². The summed E-state index contributed by atoms with van der Waals surface area (Å²) in [5.74, 6) is 0. The van der Waals surface area contributed by atoms with Crippen molar-refractivity contribution in [3.8, 4) is 0 Å². The third-order valence-corrected chi connectivity index (χ3v) is 3.29. The molecule has 0 saturated heterocycles. The van der Waals surface area contributed by atoms with Crippen molar-refractivity contribution >= 4 is 0 Å². The van der Waals surface area contributed by atoms with Gasteiger partial charge in [-0.25, -0.2) is 0 Å². The summed E-state index contributed by atoms with van der Waals surface area (Å²) >= 11 is 0. The molecule has 0 aliphatic heterocycles. The Morgan fingerprint density at radius 3 is 2.31 bits per heavy atom. The first-order valence-corrected chi connectivity index (χ1v) is 5.94. The van der Waals surface area contributed by atoms with Crippen molar-refractivity contribution in [2.75, 3.05) is 0 Å². The largest absolute Gasteiger partial charge is 0.375 e. The number of rotatable bonds is 2. The van der Waals surface area contributed by atoms with Crippen LogP contribution in [0.25, 0.3) is 0 Å². The minimum atomic E-state index is 0.497. The minimum Gasteiger partial charge on any atom is -0.375 e. The van der Waals surface area contributed by atoms with Gasteiger partial charge in [-0.05, 0) is 32.1 Å². The molecule has 0 unspecified atom stereocenters. The van der Waals surface area contributed by atoms with Gasteiger partial charge < -0.3 is 4.74 Å². The molecule has 1 nitrogen and oxygen atoms in total. The second-order valence-electron chi connectivity index (χ2n) is 4.45. The fourth-order valence-corrected chi connectivity index (χ4v) is 2.48. The second-order valence-corrected chi connectivity index (χ2v) is 4.45. The zero-order valence-corrected chi connectivity index (χ0v) is 8.50. The van der Waals surface area contributed by atoms with Crippen molar-refractivity contribution < 1.29 is 4.74 Å². The first-order valence-electron chi connectivity index (χ1n) is 5.94. The first kappa shape index (κ1) is 9.51. The topological polar surface area (TPSA) is 9.23 Å². The van der Waals surface area contributed by atoms with Gasteiger partial charge in [0.15, 0.2) is 0 Å². The highest BCUT2D eigenvalue weighted by Crippen LogP contribution is 2.26. The summed E-state index contributed by atoms with van der Waals surface area (Å²) in [5, 5.41) is 0. The lowest BCUT2D eigenvalue weighted by Gasteiger charge is -2.29. The van der Waals surface area contributed by atoms with E-state index in [0.717, 1.165) is 0 Å². The molecule has 0 aromatic carbocycles. The van der Waals surface area contributed by atoms with Gasteiger partial charge in [0.25, 0.3) is 0 Å². The van der Waals surface area contributed by atoms with Crippen molar-refractivity contribution in [1.29, 1.82) is 0 Å². The smallest absolute Gasteiger partial charge is 0.0610 e. The normalized spacial score (nSPS) is 27.7. The van der Waals surface area contributed by atoms with E-state index in [4.69, 9.17) is 4.74 Å². The van der Waals surface area contributed by atoms with Gasteiger partial charge in [-0.2, -0.15) is 0 Å². The van der Waals surface area contributed by atoms with Crippen LogP contribution in [0.4, 0.5) is 0 Å². The fraction of sp³-hybridized carbons (Fsp3) is 0.917. The molecule has 0 spiro atoms. The highest BCUT2D eigenvalue weighted by molar-refractivity contribution is 4.83. The molecule has 1 atom stereocenters. The quantitative estimate of drug-likeness (QED) is 0.633. The van der Waals surface area contributed by atoms with E-state index in [1.54, 1.807) is 0 Å². The molecule has 2 fully saturated rings. The molecule has 0 heterocycles. The van der Waals surface area contributed by atoms with E-state index in [2.05, 4.69) is 6.42 Å². The highest BCUT2D eigenvalue weighted by atomic mass is 16.5. The van der Waals surface area contributed by atoms with Crippen molar-refractivity contribution in [2.24, 2.45) is 0 Å². The summed E-state index contributed by atoms with van der Waals surface area (Å²) in [6, 6.07) is 0. The van der Waals surface area contributed by atoms with Crippen LogP contribution in [0.15, 0.2) is 0 Å². The summed E-state index contributed by atoms with van der Waals surface area (Å²) in [6.07, 6.45) is 15.6. The van der Waals surface area contributed by atoms with E-state index in [1.165, 1.54) is 57.8 Å². The van der Waals surface area contributed by atoms with Crippen molar-refractivity contribution in [3.05, 3.63) is 6.42 Å². The zero-order valence-electron chi connectivity index (χ0n) is 8.50. The monoisotopic (exact) mass is 181 g/mol. The fourth-order valence-electron chi connectivity index (χ4n) is 2.48. The minimum absolute atomic E-state index is 0.497. The standard InChI is InChI=1S/C12H21O/c1-3-7-11(8-4-1)13-12-9-5-2-6-10-12/h7,11-12H,1-6,8-10H2/t11-/m1/s1. The average molecular weight is 181 g/mol. The Kier molecular flexibility index (Phi) is 3.65. The molecule has 75 valence electrons. The summed E-state index contributed by atoms with van der Waals surface area (Å²) in [5.41, 5.74) is 0. The zero-order chi connectivity index (χ0) is 8.93. The molecule has 2 aliphatic carbocycles.